The van der Waals surface area contributed by atoms with Crippen LogP contribution < -0.4 is 0 Å². The normalized spacial score (nSPS) is 12.3. The maximum absolute atomic E-state index is 2.53. The lowest BCUT2D eigenvalue weighted by molar-refractivity contribution is 0.429. The van der Waals surface area contributed by atoms with Gasteiger partial charge in [0.15, 0.2) is 0 Å². The van der Waals surface area contributed by atoms with Gasteiger partial charge in [-0.25, -0.2) is 0 Å². The third kappa shape index (κ3) is 52.0. The third-order valence-electron chi connectivity index (χ3n) is 13.4. The first-order valence-electron chi connectivity index (χ1n) is 27.3. The average molecular weight is 774 g/mol. The van der Waals surface area contributed by atoms with Crippen molar-refractivity contribution >= 4 is 0 Å². The molecule has 0 saturated carbocycles. The molecule has 0 N–H and O–H groups in total. The van der Waals surface area contributed by atoms with Crippen LogP contribution in [-0.2, 0) is 0 Å². The molecule has 0 aromatic carbocycles. The molecule has 0 nitrogen and oxygen atoms in total. The molecule has 0 aromatic rings. The molecule has 55 heavy (non-hydrogen) atoms. The monoisotopic (exact) mass is 773 g/mol. The maximum Gasteiger partial charge on any atom is -0.0443 e. The molecule has 0 bridgehead atoms. The summed E-state index contributed by atoms with van der Waals surface area (Å²) in [7, 11) is 0. The van der Waals surface area contributed by atoms with Gasteiger partial charge < -0.3 is 0 Å². The molecule has 0 heterocycles. The van der Waals surface area contributed by atoms with Crippen molar-refractivity contribution < 1.29 is 0 Å². The molecule has 0 aliphatic heterocycles. The number of unbranched alkanes of at least 4 members (excludes halogenated alkanes) is 47. The number of hydrogen-bond donors (Lipinski definition) is 0. The van der Waals surface area contributed by atoms with Crippen molar-refractivity contribution in [3.63, 3.8) is 0 Å². The molecule has 0 saturated heterocycles. The Morgan fingerprint density at radius 1 is 0.164 bits per heavy atom. The van der Waals surface area contributed by atoms with Crippen LogP contribution in [0.5, 0.6) is 0 Å². The van der Waals surface area contributed by atoms with Crippen LogP contribution in [0.3, 0.4) is 0 Å². The molecule has 0 aliphatic rings. The van der Waals surface area contributed by atoms with Crippen molar-refractivity contribution in [2.75, 3.05) is 0 Å². The van der Waals surface area contributed by atoms with Gasteiger partial charge in [-0.15, -0.1) is 0 Å². The van der Waals surface area contributed by atoms with Crippen LogP contribution in [0.1, 0.15) is 348 Å². The van der Waals surface area contributed by atoms with E-state index in [9.17, 15) is 0 Å². The van der Waals surface area contributed by atoms with Crippen molar-refractivity contribution in [3.8, 4) is 0 Å². The molecule has 0 rings (SSSR count). The highest BCUT2D eigenvalue weighted by molar-refractivity contribution is 4.57. The van der Waals surface area contributed by atoms with E-state index >= 15 is 0 Å². The van der Waals surface area contributed by atoms with E-state index in [2.05, 4.69) is 20.8 Å². The molecule has 1 atom stereocenters. The zero-order chi connectivity index (χ0) is 39.6. The van der Waals surface area contributed by atoms with Gasteiger partial charge in [-0.05, 0) is 5.92 Å². The fourth-order valence-electron chi connectivity index (χ4n) is 9.23. The molecule has 0 aromatic heterocycles. The predicted molar refractivity (Wildman–Crippen MR) is 256 cm³/mol. The zero-order valence-electron chi connectivity index (χ0n) is 39.6. The van der Waals surface area contributed by atoms with Crippen molar-refractivity contribution in [1.29, 1.82) is 0 Å². The van der Waals surface area contributed by atoms with E-state index in [4.69, 9.17) is 0 Å². The van der Waals surface area contributed by atoms with Gasteiger partial charge in [-0.3, -0.25) is 0 Å². The van der Waals surface area contributed by atoms with E-state index < -0.39 is 0 Å². The predicted octanol–water partition coefficient (Wildman–Crippen LogP) is 21.6. The Balaban J connectivity index is 3.14. The van der Waals surface area contributed by atoms with Crippen LogP contribution in [0.15, 0.2) is 0 Å². The third-order valence-corrected chi connectivity index (χ3v) is 13.4. The van der Waals surface area contributed by atoms with Gasteiger partial charge >= 0.3 is 0 Å². The second-order valence-corrected chi connectivity index (χ2v) is 19.3. The topological polar surface area (TPSA) is 0 Å². The first kappa shape index (κ1) is 55.0. The SMILES string of the molecule is CCCCCCCCCCCCCCCCCCCCCCCCCCCC(C)CCCCCCCCCCCCCCCCCCCCCCCCCC. The number of hydrogen-bond acceptors (Lipinski definition) is 0. The molecule has 0 fully saturated rings. The van der Waals surface area contributed by atoms with Crippen molar-refractivity contribution in [2.24, 2.45) is 5.92 Å². The van der Waals surface area contributed by atoms with Crippen LogP contribution in [0.4, 0.5) is 0 Å². The van der Waals surface area contributed by atoms with E-state index in [1.54, 1.807) is 0 Å². The van der Waals surface area contributed by atoms with E-state index in [1.165, 1.54) is 327 Å². The largest absolute Gasteiger partial charge is 0.0654 e. The highest BCUT2D eigenvalue weighted by Gasteiger charge is 2.03. The van der Waals surface area contributed by atoms with Crippen LogP contribution in [-0.4, -0.2) is 0 Å². The van der Waals surface area contributed by atoms with Crippen molar-refractivity contribution in [1.82, 2.24) is 0 Å². The number of rotatable bonds is 51. The van der Waals surface area contributed by atoms with Gasteiger partial charge in [0.25, 0.3) is 0 Å². The van der Waals surface area contributed by atoms with Gasteiger partial charge in [0.1, 0.15) is 0 Å². The summed E-state index contributed by atoms with van der Waals surface area (Å²) in [5, 5.41) is 0. The molecule has 332 valence electrons. The lowest BCUT2D eigenvalue weighted by atomic mass is 9.95. The molecule has 0 radical (unpaired) electrons. The Morgan fingerprint density at radius 2 is 0.273 bits per heavy atom. The van der Waals surface area contributed by atoms with Crippen LogP contribution in [0, 0.1) is 5.92 Å². The van der Waals surface area contributed by atoms with Gasteiger partial charge in [0.2, 0.25) is 0 Å². The summed E-state index contributed by atoms with van der Waals surface area (Å²) in [6.45, 7) is 7.15. The molecular formula is C55H112. The Labute approximate surface area is 352 Å². The summed E-state index contributed by atoms with van der Waals surface area (Å²) in [5.74, 6) is 0.962. The van der Waals surface area contributed by atoms with E-state index in [0.29, 0.717) is 0 Å². The maximum atomic E-state index is 2.53. The van der Waals surface area contributed by atoms with E-state index in [1.807, 2.05) is 0 Å². The second kappa shape index (κ2) is 52.0. The highest BCUT2D eigenvalue weighted by atomic mass is 14.1. The van der Waals surface area contributed by atoms with Gasteiger partial charge in [-0.2, -0.15) is 0 Å². The standard InChI is InChI=1S/C55H112/c1-4-6-8-10-12-14-16-18-20-22-24-26-28-30-32-34-36-38-40-42-44-46-48-50-52-54-55(3)53-51-49-47-45-43-41-39-37-35-33-31-29-27-25-23-21-19-17-15-13-11-9-7-5-2/h55H,4-54H2,1-3H3. The fourth-order valence-corrected chi connectivity index (χ4v) is 9.23. The van der Waals surface area contributed by atoms with Gasteiger partial charge in [-0.1, -0.05) is 348 Å². The lowest BCUT2D eigenvalue weighted by Crippen LogP contribution is -1.95. The Morgan fingerprint density at radius 3 is 0.400 bits per heavy atom. The van der Waals surface area contributed by atoms with Crippen LogP contribution in [0.2, 0.25) is 0 Å². The molecule has 0 amide bonds. The fraction of sp³-hybridized carbons (Fsp3) is 1.00. The lowest BCUT2D eigenvalue weighted by Gasteiger charge is -2.11. The highest BCUT2D eigenvalue weighted by Crippen LogP contribution is 2.21. The average Bonchev–Trinajstić information content (AvgIpc) is 3.19. The second-order valence-electron chi connectivity index (χ2n) is 19.3. The van der Waals surface area contributed by atoms with Crippen molar-refractivity contribution in [2.45, 2.75) is 348 Å². The minimum Gasteiger partial charge on any atom is -0.0654 e. The van der Waals surface area contributed by atoms with Crippen molar-refractivity contribution in [3.05, 3.63) is 0 Å². The summed E-state index contributed by atoms with van der Waals surface area (Å²) in [4.78, 5) is 0. The summed E-state index contributed by atoms with van der Waals surface area (Å²) < 4.78 is 0. The molecule has 1 unspecified atom stereocenters. The summed E-state index contributed by atoms with van der Waals surface area (Å²) in [5.41, 5.74) is 0. The minimum atomic E-state index is 0.962. The van der Waals surface area contributed by atoms with E-state index in [0.717, 1.165) is 5.92 Å². The smallest absolute Gasteiger partial charge is 0.0443 e. The summed E-state index contributed by atoms with van der Waals surface area (Å²) in [6.07, 6.45) is 75.7. The van der Waals surface area contributed by atoms with Crippen LogP contribution >= 0.6 is 0 Å². The molecule has 0 heteroatoms. The van der Waals surface area contributed by atoms with E-state index in [-0.39, 0.29) is 0 Å². The molecule has 0 spiro atoms. The first-order chi connectivity index (χ1) is 27.3. The van der Waals surface area contributed by atoms with Crippen LogP contribution in [0.25, 0.3) is 0 Å². The Bertz CT molecular complexity index is 622. The summed E-state index contributed by atoms with van der Waals surface area (Å²) in [6, 6.07) is 0. The zero-order valence-corrected chi connectivity index (χ0v) is 39.6. The first-order valence-corrected chi connectivity index (χ1v) is 27.3. The molecular weight excluding hydrogens is 661 g/mol. The van der Waals surface area contributed by atoms with Gasteiger partial charge in [0.05, 0.1) is 0 Å². The quantitative estimate of drug-likeness (QED) is 0.0540. The Kier molecular flexibility index (Phi) is 52.0. The minimum absolute atomic E-state index is 0.962. The summed E-state index contributed by atoms with van der Waals surface area (Å²) >= 11 is 0. The van der Waals surface area contributed by atoms with Gasteiger partial charge in [0, 0.05) is 0 Å². The molecule has 0 aliphatic carbocycles. The Hall–Kier alpha value is 0.